The van der Waals surface area contributed by atoms with Crippen molar-refractivity contribution in [3.05, 3.63) is 168 Å². The van der Waals surface area contributed by atoms with Gasteiger partial charge in [-0.25, -0.2) is 16.8 Å². The number of benzene rings is 7. The van der Waals surface area contributed by atoms with Crippen molar-refractivity contribution in [2.45, 2.75) is 47.3 Å². The van der Waals surface area contributed by atoms with Crippen LogP contribution in [0.15, 0.2) is 165 Å². The molecule has 0 bridgehead atoms. The minimum atomic E-state index is -3.95. The first kappa shape index (κ1) is 33.8. The van der Waals surface area contributed by atoms with E-state index >= 15 is 0 Å². The van der Waals surface area contributed by atoms with E-state index in [-0.39, 0.29) is 19.6 Å². The molecule has 7 aromatic rings. The van der Waals surface area contributed by atoms with Crippen LogP contribution in [0.2, 0.25) is 0 Å². The molecule has 0 fully saturated rings. The smallest absolute Gasteiger partial charge is 0.207 e. The molecule has 0 aliphatic carbocycles. The van der Waals surface area contributed by atoms with Crippen molar-refractivity contribution in [3.63, 3.8) is 0 Å². The van der Waals surface area contributed by atoms with Gasteiger partial charge < -0.3 is 9.80 Å². The third-order valence-corrected chi connectivity index (χ3v) is 14.1. The Morgan fingerprint density at radius 1 is 0.296 bits per heavy atom. The Bertz CT molecular complexity index is 2570. The van der Waals surface area contributed by atoms with E-state index < -0.39 is 19.7 Å². The molecule has 6 nitrogen and oxygen atoms in total. The third kappa shape index (κ3) is 5.36. The van der Waals surface area contributed by atoms with E-state index in [9.17, 15) is 16.8 Å². The predicted octanol–water partition coefficient (Wildman–Crippen LogP) is 11.5. The summed E-state index contributed by atoms with van der Waals surface area (Å²) in [5.74, 6) is 0. The summed E-state index contributed by atoms with van der Waals surface area (Å²) < 4.78 is 57.1. The van der Waals surface area contributed by atoms with Crippen LogP contribution in [-0.2, 0) is 19.7 Å². The highest BCUT2D eigenvalue weighted by Crippen LogP contribution is 2.53. The summed E-state index contributed by atoms with van der Waals surface area (Å²) >= 11 is 0. The number of sulfone groups is 2. The molecule has 54 heavy (non-hydrogen) atoms. The van der Waals surface area contributed by atoms with Crippen molar-refractivity contribution in [1.82, 2.24) is 0 Å². The molecular weight excluding hydrogens is 709 g/mol. The Morgan fingerprint density at radius 3 is 0.815 bits per heavy atom. The summed E-state index contributed by atoms with van der Waals surface area (Å²) in [5.41, 5.74) is 11.4. The average Bonchev–Trinajstić information content (AvgIpc) is 3.52. The Kier molecular flexibility index (Phi) is 7.71. The summed E-state index contributed by atoms with van der Waals surface area (Å²) in [4.78, 5) is 4.70. The molecule has 0 saturated heterocycles. The SMILES string of the molecule is Cc1ccc(N(c2ccc(C)cc2)c2ccc3c(c2)-c2cc4c(cc2S3(=O)=O)-c2cc(N(c3ccc(C)cc3)c3ccc(C)cc3)ccc2S4(=O)=O)cc1. The first-order valence-corrected chi connectivity index (χ1v) is 20.7. The van der Waals surface area contributed by atoms with Gasteiger partial charge in [0.2, 0.25) is 19.7 Å². The van der Waals surface area contributed by atoms with Gasteiger partial charge in [-0.3, -0.25) is 0 Å². The fraction of sp³-hybridized carbons (Fsp3) is 0.0870. The van der Waals surface area contributed by atoms with Crippen LogP contribution in [0.4, 0.5) is 34.1 Å². The molecule has 2 heterocycles. The molecule has 266 valence electrons. The molecule has 0 atom stereocenters. The Balaban J connectivity index is 1.20. The fourth-order valence-electron chi connectivity index (χ4n) is 7.54. The van der Waals surface area contributed by atoms with Gasteiger partial charge in [-0.1, -0.05) is 70.8 Å². The molecule has 7 aromatic carbocycles. The molecule has 0 unspecified atom stereocenters. The van der Waals surface area contributed by atoms with Crippen LogP contribution in [0.3, 0.4) is 0 Å². The molecule has 0 aromatic heterocycles. The molecule has 0 amide bonds. The number of hydrogen-bond acceptors (Lipinski definition) is 6. The topological polar surface area (TPSA) is 74.8 Å². The molecule has 0 N–H and O–H groups in total. The molecule has 2 aliphatic heterocycles. The summed E-state index contributed by atoms with van der Waals surface area (Å²) in [7, 11) is -7.91. The second-order valence-electron chi connectivity index (χ2n) is 14.2. The maximum Gasteiger partial charge on any atom is 0.207 e. The van der Waals surface area contributed by atoms with Gasteiger partial charge in [-0.05, 0) is 125 Å². The minimum Gasteiger partial charge on any atom is -0.310 e. The number of aryl methyl sites for hydroxylation is 4. The maximum atomic E-state index is 14.3. The highest BCUT2D eigenvalue weighted by atomic mass is 32.2. The maximum absolute atomic E-state index is 14.3. The number of hydrogen-bond donors (Lipinski definition) is 0. The van der Waals surface area contributed by atoms with Crippen LogP contribution >= 0.6 is 0 Å². The monoisotopic (exact) mass is 744 g/mol. The summed E-state index contributed by atoms with van der Waals surface area (Å²) in [6.45, 7) is 8.14. The highest BCUT2D eigenvalue weighted by Gasteiger charge is 2.40. The van der Waals surface area contributed by atoms with Gasteiger partial charge in [-0.2, -0.15) is 0 Å². The molecule has 0 radical (unpaired) electrons. The summed E-state index contributed by atoms with van der Waals surface area (Å²) in [5, 5.41) is 0. The normalized spacial score (nSPS) is 14.1. The van der Waals surface area contributed by atoms with Crippen LogP contribution in [0.25, 0.3) is 22.3 Å². The number of anilines is 6. The second kappa shape index (κ2) is 12.3. The third-order valence-electron chi connectivity index (χ3n) is 10.4. The van der Waals surface area contributed by atoms with Gasteiger partial charge in [0.15, 0.2) is 0 Å². The van der Waals surface area contributed by atoms with E-state index in [2.05, 4.69) is 9.80 Å². The average molecular weight is 745 g/mol. The molecule has 0 saturated carbocycles. The quantitative estimate of drug-likeness (QED) is 0.169. The minimum absolute atomic E-state index is 0.105. The van der Waals surface area contributed by atoms with E-state index in [1.54, 1.807) is 24.3 Å². The molecule has 0 spiro atoms. The lowest BCUT2D eigenvalue weighted by atomic mass is 9.99. The van der Waals surface area contributed by atoms with Crippen molar-refractivity contribution in [1.29, 1.82) is 0 Å². The van der Waals surface area contributed by atoms with Crippen LogP contribution in [0.1, 0.15) is 22.3 Å². The molecule has 2 aliphatic rings. The van der Waals surface area contributed by atoms with Crippen molar-refractivity contribution < 1.29 is 16.8 Å². The lowest BCUT2D eigenvalue weighted by Crippen LogP contribution is -2.10. The Labute approximate surface area is 316 Å². The van der Waals surface area contributed by atoms with Gasteiger partial charge in [0.05, 0.1) is 19.6 Å². The lowest BCUT2D eigenvalue weighted by molar-refractivity contribution is 0.596. The Morgan fingerprint density at radius 2 is 0.537 bits per heavy atom. The van der Waals surface area contributed by atoms with Crippen molar-refractivity contribution in [2.24, 2.45) is 0 Å². The van der Waals surface area contributed by atoms with Gasteiger partial charge in [0.25, 0.3) is 0 Å². The first-order chi connectivity index (χ1) is 25.9. The van der Waals surface area contributed by atoms with Gasteiger partial charge >= 0.3 is 0 Å². The molecule has 8 heteroatoms. The second-order valence-corrected chi connectivity index (χ2v) is 18.0. The van der Waals surface area contributed by atoms with E-state index in [0.717, 1.165) is 56.4 Å². The van der Waals surface area contributed by atoms with Crippen LogP contribution < -0.4 is 9.80 Å². The number of nitrogens with zero attached hydrogens (tertiary/aromatic N) is 2. The van der Waals surface area contributed by atoms with Crippen LogP contribution in [-0.4, -0.2) is 16.8 Å². The Hall–Kier alpha value is -5.96. The zero-order chi connectivity index (χ0) is 37.5. The zero-order valence-electron chi connectivity index (χ0n) is 30.2. The summed E-state index contributed by atoms with van der Waals surface area (Å²) in [6.07, 6.45) is 0. The molecule has 9 rings (SSSR count). The number of rotatable bonds is 6. The lowest BCUT2D eigenvalue weighted by Gasteiger charge is -2.26. The van der Waals surface area contributed by atoms with Gasteiger partial charge in [0.1, 0.15) is 0 Å². The van der Waals surface area contributed by atoms with Crippen LogP contribution in [0.5, 0.6) is 0 Å². The predicted molar refractivity (Wildman–Crippen MR) is 217 cm³/mol. The zero-order valence-corrected chi connectivity index (χ0v) is 31.8. The van der Waals surface area contributed by atoms with E-state index in [4.69, 9.17) is 0 Å². The summed E-state index contributed by atoms with van der Waals surface area (Å²) in [6, 6.07) is 46.4. The number of fused-ring (bicyclic) bond motifs is 6. The standard InChI is InChI=1S/C46H36N2O4S2/c1-29-5-13-33(14-6-29)47(34-15-7-30(2)8-16-34)37-21-23-43-39(25-37)41-27-46-42(28-45(41)53(43,49)50)40-26-38(22-24-44(40)54(46,51)52)48(35-17-9-31(3)10-18-35)36-19-11-32(4)12-20-36/h5-28H,1-4H3. The fourth-order valence-corrected chi connectivity index (χ4v) is 10.9. The van der Waals surface area contributed by atoms with E-state index in [1.807, 2.05) is 149 Å². The van der Waals surface area contributed by atoms with Crippen molar-refractivity contribution >= 4 is 53.8 Å². The molecular formula is C46H36N2O4S2. The first-order valence-electron chi connectivity index (χ1n) is 17.7. The van der Waals surface area contributed by atoms with Gasteiger partial charge in [-0.15, -0.1) is 0 Å². The van der Waals surface area contributed by atoms with E-state index in [0.29, 0.717) is 22.3 Å². The van der Waals surface area contributed by atoms with Crippen molar-refractivity contribution in [3.8, 4) is 22.3 Å². The van der Waals surface area contributed by atoms with Crippen molar-refractivity contribution in [2.75, 3.05) is 9.80 Å². The van der Waals surface area contributed by atoms with Crippen LogP contribution in [0, 0.1) is 27.7 Å². The van der Waals surface area contributed by atoms with Gasteiger partial charge in [0, 0.05) is 56.4 Å². The highest BCUT2D eigenvalue weighted by molar-refractivity contribution is 7.92. The largest absolute Gasteiger partial charge is 0.310 e. The van der Waals surface area contributed by atoms with E-state index in [1.165, 1.54) is 0 Å².